The molecule has 0 heterocycles. The highest BCUT2D eigenvalue weighted by molar-refractivity contribution is 7.93. The molecule has 0 atom stereocenters. The summed E-state index contributed by atoms with van der Waals surface area (Å²) in [7, 11) is 0. The second kappa shape index (κ2) is 7.19. The first kappa shape index (κ1) is 18.2. The second-order valence-electron chi connectivity index (χ2n) is 7.18. The molecular formula is C21H26S2. The predicted molar refractivity (Wildman–Crippen MR) is 110 cm³/mol. The van der Waals surface area contributed by atoms with Crippen molar-refractivity contribution < 1.29 is 0 Å². The van der Waals surface area contributed by atoms with E-state index < -0.39 is 0 Å². The molecule has 0 radical (unpaired) electrons. The van der Waals surface area contributed by atoms with Crippen LogP contribution < -0.4 is 0 Å². The minimum atomic E-state index is 0.173. The van der Waals surface area contributed by atoms with Crippen LogP contribution in [0.4, 0.5) is 0 Å². The molecule has 122 valence electrons. The number of aryl methyl sites for hydroxylation is 2. The smallest absolute Gasteiger partial charge is 0.0209 e. The molecule has 2 rings (SSSR count). The lowest BCUT2D eigenvalue weighted by molar-refractivity contribution is 0.589. The Labute approximate surface area is 151 Å². The van der Waals surface area contributed by atoms with E-state index in [1.54, 1.807) is 0 Å². The van der Waals surface area contributed by atoms with Gasteiger partial charge in [0.05, 0.1) is 0 Å². The maximum absolute atomic E-state index is 4.73. The molecule has 2 aromatic carbocycles. The van der Waals surface area contributed by atoms with E-state index in [0.717, 1.165) is 21.8 Å². The molecule has 0 aromatic heterocycles. The zero-order valence-corrected chi connectivity index (χ0v) is 16.4. The van der Waals surface area contributed by atoms with Crippen LogP contribution in [-0.2, 0) is 11.8 Å². The Morgan fingerprint density at radius 1 is 0.913 bits per heavy atom. The van der Waals surface area contributed by atoms with E-state index in [2.05, 4.69) is 71.5 Å². The lowest BCUT2D eigenvalue weighted by Crippen LogP contribution is -2.12. The minimum absolute atomic E-state index is 0.173. The van der Waals surface area contributed by atoms with Crippen molar-refractivity contribution >= 4 is 30.2 Å². The molecule has 0 spiro atoms. The standard InChI is InChI=1S/C21H26S2/c1-14-11-17(21(3,4)5)12-15(2)18(14)13-19(22)20(23)16-9-7-6-8-10-16/h6-12,22-23H,13H2,1-5H3/b20-19-. The van der Waals surface area contributed by atoms with Crippen molar-refractivity contribution in [2.75, 3.05) is 0 Å². The monoisotopic (exact) mass is 342 g/mol. The summed E-state index contributed by atoms with van der Waals surface area (Å²) in [5.74, 6) is 0. The summed E-state index contributed by atoms with van der Waals surface area (Å²) in [4.78, 5) is 1.96. The van der Waals surface area contributed by atoms with E-state index >= 15 is 0 Å². The summed E-state index contributed by atoms with van der Waals surface area (Å²) in [5.41, 5.74) is 6.68. The van der Waals surface area contributed by atoms with Crippen molar-refractivity contribution in [2.45, 2.75) is 46.5 Å². The fourth-order valence-corrected chi connectivity index (χ4v) is 3.23. The van der Waals surface area contributed by atoms with E-state index in [-0.39, 0.29) is 5.41 Å². The zero-order valence-electron chi connectivity index (χ0n) is 14.6. The molecule has 0 saturated heterocycles. The molecule has 0 bridgehead atoms. The molecule has 0 amide bonds. The van der Waals surface area contributed by atoms with Gasteiger partial charge in [0.2, 0.25) is 0 Å². The van der Waals surface area contributed by atoms with E-state index in [1.165, 1.54) is 22.3 Å². The fourth-order valence-electron chi connectivity index (χ4n) is 2.72. The molecular weight excluding hydrogens is 316 g/mol. The van der Waals surface area contributed by atoms with Crippen LogP contribution in [0.5, 0.6) is 0 Å². The molecule has 0 aliphatic carbocycles. The van der Waals surface area contributed by atoms with Crippen LogP contribution in [0.2, 0.25) is 0 Å². The van der Waals surface area contributed by atoms with E-state index in [0.29, 0.717) is 0 Å². The van der Waals surface area contributed by atoms with Gasteiger partial charge in [0.25, 0.3) is 0 Å². The van der Waals surface area contributed by atoms with Gasteiger partial charge < -0.3 is 0 Å². The van der Waals surface area contributed by atoms with E-state index in [1.807, 2.05) is 18.2 Å². The van der Waals surface area contributed by atoms with Gasteiger partial charge in [-0.25, -0.2) is 0 Å². The molecule has 0 aliphatic heterocycles. The van der Waals surface area contributed by atoms with Crippen molar-refractivity contribution in [3.63, 3.8) is 0 Å². The third kappa shape index (κ3) is 4.45. The Bertz CT molecular complexity index is 696. The molecule has 0 saturated carbocycles. The maximum atomic E-state index is 4.73. The fraction of sp³-hybridized carbons (Fsp3) is 0.333. The highest BCUT2D eigenvalue weighted by Crippen LogP contribution is 2.31. The number of thiol groups is 2. The lowest BCUT2D eigenvalue weighted by atomic mass is 9.83. The summed E-state index contributed by atoms with van der Waals surface area (Å²) in [5, 5.41) is 0. The van der Waals surface area contributed by atoms with Gasteiger partial charge in [-0.2, -0.15) is 0 Å². The average Bonchev–Trinajstić information content (AvgIpc) is 2.49. The predicted octanol–water partition coefficient (Wildman–Crippen LogP) is 6.37. The van der Waals surface area contributed by atoms with Crippen LogP contribution in [0.15, 0.2) is 47.4 Å². The largest absolute Gasteiger partial charge is 0.146 e. The van der Waals surface area contributed by atoms with Gasteiger partial charge in [0.1, 0.15) is 0 Å². The summed E-state index contributed by atoms with van der Waals surface area (Å²) in [6.45, 7) is 11.2. The second-order valence-corrected chi connectivity index (χ2v) is 8.16. The first-order valence-electron chi connectivity index (χ1n) is 7.97. The summed E-state index contributed by atoms with van der Waals surface area (Å²) >= 11 is 9.41. The number of rotatable bonds is 3. The Morgan fingerprint density at radius 2 is 1.43 bits per heavy atom. The van der Waals surface area contributed by atoms with Crippen LogP contribution in [0.25, 0.3) is 4.91 Å². The van der Waals surface area contributed by atoms with Crippen LogP contribution >= 0.6 is 25.3 Å². The van der Waals surface area contributed by atoms with Crippen LogP contribution in [0, 0.1) is 13.8 Å². The van der Waals surface area contributed by atoms with Crippen LogP contribution in [0.1, 0.15) is 48.6 Å². The number of hydrogen-bond donors (Lipinski definition) is 2. The molecule has 2 heteroatoms. The first-order chi connectivity index (χ1) is 10.7. The molecule has 23 heavy (non-hydrogen) atoms. The van der Waals surface area contributed by atoms with Gasteiger partial charge in [0.15, 0.2) is 0 Å². The highest BCUT2D eigenvalue weighted by Gasteiger charge is 2.17. The van der Waals surface area contributed by atoms with Gasteiger partial charge in [0, 0.05) is 11.3 Å². The van der Waals surface area contributed by atoms with Gasteiger partial charge in [-0.15, -0.1) is 25.3 Å². The van der Waals surface area contributed by atoms with Crippen LogP contribution in [-0.4, -0.2) is 0 Å². The van der Waals surface area contributed by atoms with Crippen molar-refractivity contribution in [3.8, 4) is 0 Å². The normalized spacial score (nSPS) is 13.0. The summed E-state index contributed by atoms with van der Waals surface area (Å²) in [6, 6.07) is 14.8. The number of allylic oxidation sites excluding steroid dienone is 1. The number of benzene rings is 2. The third-order valence-electron chi connectivity index (χ3n) is 4.23. The average molecular weight is 343 g/mol. The Balaban J connectivity index is 2.37. The van der Waals surface area contributed by atoms with Gasteiger partial charge in [-0.3, -0.25) is 0 Å². The summed E-state index contributed by atoms with van der Waals surface area (Å²) in [6.07, 6.45) is 0.818. The first-order valence-corrected chi connectivity index (χ1v) is 8.86. The third-order valence-corrected chi connectivity index (χ3v) is 5.31. The van der Waals surface area contributed by atoms with Crippen molar-refractivity contribution in [1.29, 1.82) is 0 Å². The topological polar surface area (TPSA) is 0 Å². The Morgan fingerprint density at radius 3 is 1.91 bits per heavy atom. The Hall–Kier alpha value is -1.12. The van der Waals surface area contributed by atoms with E-state index in [4.69, 9.17) is 12.6 Å². The van der Waals surface area contributed by atoms with E-state index in [9.17, 15) is 0 Å². The van der Waals surface area contributed by atoms with Crippen molar-refractivity contribution in [1.82, 2.24) is 0 Å². The molecule has 0 unspecified atom stereocenters. The number of hydrogen-bond acceptors (Lipinski definition) is 2. The minimum Gasteiger partial charge on any atom is -0.146 e. The van der Waals surface area contributed by atoms with Gasteiger partial charge in [-0.1, -0.05) is 63.2 Å². The molecule has 0 aliphatic rings. The zero-order chi connectivity index (χ0) is 17.2. The van der Waals surface area contributed by atoms with Crippen LogP contribution in [0.3, 0.4) is 0 Å². The lowest BCUT2D eigenvalue weighted by Gasteiger charge is -2.22. The van der Waals surface area contributed by atoms with Gasteiger partial charge >= 0.3 is 0 Å². The van der Waals surface area contributed by atoms with Crippen molar-refractivity contribution in [3.05, 3.63) is 75.2 Å². The quantitative estimate of drug-likeness (QED) is 0.595. The maximum Gasteiger partial charge on any atom is 0.0209 e. The molecule has 0 N–H and O–H groups in total. The molecule has 2 aromatic rings. The van der Waals surface area contributed by atoms with Gasteiger partial charge in [-0.05, 0) is 52.0 Å². The Kier molecular flexibility index (Phi) is 5.70. The summed E-state index contributed by atoms with van der Waals surface area (Å²) < 4.78 is 0. The van der Waals surface area contributed by atoms with Crippen molar-refractivity contribution in [2.24, 2.45) is 0 Å². The SMILES string of the molecule is Cc1cc(C(C)(C)C)cc(C)c1C/C(S)=C(/S)c1ccccc1. The molecule has 0 nitrogen and oxygen atoms in total. The highest BCUT2D eigenvalue weighted by atomic mass is 32.1. The molecule has 0 fully saturated rings.